The second kappa shape index (κ2) is 22.9. The molecule has 2 unspecified atom stereocenters. The number of benzene rings is 1. The molecule has 0 aromatic heterocycles. The van der Waals surface area contributed by atoms with E-state index in [2.05, 4.69) is 0 Å². The number of unbranched alkanes of at least 4 members (excludes halogenated alkanes) is 14. The summed E-state index contributed by atoms with van der Waals surface area (Å²) in [4.78, 5) is 25.0. The third kappa shape index (κ3) is 17.5. The van der Waals surface area contributed by atoms with Crippen LogP contribution in [0.3, 0.4) is 0 Å². The molecule has 1 rings (SSSR count). The van der Waals surface area contributed by atoms with Crippen molar-refractivity contribution < 1.29 is 19.1 Å². The SMILES string of the molecule is NCCCCCCCCCCC(N)OC(=O)c1cccc(C(=O)OC(N)CCCCCCCCCCN)c1. The Morgan fingerprint density at radius 2 is 0.868 bits per heavy atom. The highest BCUT2D eigenvalue weighted by Crippen LogP contribution is 2.15. The molecule has 8 heteroatoms. The molecule has 2 atom stereocenters. The van der Waals surface area contributed by atoms with Crippen LogP contribution in [0.25, 0.3) is 0 Å². The number of nitrogens with two attached hydrogens (primary N) is 4. The molecule has 0 saturated carbocycles. The Hall–Kier alpha value is -2.00. The molecule has 0 amide bonds. The molecule has 8 N–H and O–H groups in total. The van der Waals surface area contributed by atoms with Crippen molar-refractivity contribution in [3.63, 3.8) is 0 Å². The van der Waals surface area contributed by atoms with Crippen LogP contribution in [0.1, 0.15) is 136 Å². The van der Waals surface area contributed by atoms with Gasteiger partial charge in [0.15, 0.2) is 12.5 Å². The first kappa shape index (κ1) is 34.0. The lowest BCUT2D eigenvalue weighted by Gasteiger charge is -2.15. The molecule has 1 aromatic carbocycles. The largest absolute Gasteiger partial charge is 0.443 e. The van der Waals surface area contributed by atoms with Gasteiger partial charge in [0.2, 0.25) is 0 Å². The van der Waals surface area contributed by atoms with E-state index in [1.54, 1.807) is 18.2 Å². The lowest BCUT2D eigenvalue weighted by Crippen LogP contribution is -2.28. The van der Waals surface area contributed by atoms with E-state index in [0.717, 1.165) is 64.5 Å². The Balaban J connectivity index is 2.25. The van der Waals surface area contributed by atoms with E-state index in [0.29, 0.717) is 12.8 Å². The fourth-order valence-electron chi connectivity index (χ4n) is 4.40. The van der Waals surface area contributed by atoms with Crippen LogP contribution in [0.4, 0.5) is 0 Å². The minimum atomic E-state index is -0.665. The first-order chi connectivity index (χ1) is 18.5. The van der Waals surface area contributed by atoms with Gasteiger partial charge < -0.3 is 20.9 Å². The first-order valence-corrected chi connectivity index (χ1v) is 14.9. The second-order valence-corrected chi connectivity index (χ2v) is 10.3. The van der Waals surface area contributed by atoms with Gasteiger partial charge in [0.1, 0.15) is 0 Å². The maximum absolute atomic E-state index is 12.5. The highest BCUT2D eigenvalue weighted by molar-refractivity contribution is 5.95. The number of hydrogen-bond donors (Lipinski definition) is 4. The molecule has 0 aliphatic rings. The smallest absolute Gasteiger partial charge is 0.339 e. The fourth-order valence-corrected chi connectivity index (χ4v) is 4.40. The van der Waals surface area contributed by atoms with Gasteiger partial charge in [-0.3, -0.25) is 11.5 Å². The summed E-state index contributed by atoms with van der Waals surface area (Å²) < 4.78 is 10.8. The number of carbonyl (C=O) groups excluding carboxylic acids is 2. The Bertz CT molecular complexity index is 689. The molecular formula is C30H54N4O4. The maximum atomic E-state index is 12.5. The van der Waals surface area contributed by atoms with Crippen LogP contribution in [0.5, 0.6) is 0 Å². The van der Waals surface area contributed by atoms with Crippen LogP contribution in [-0.2, 0) is 9.47 Å². The van der Waals surface area contributed by atoms with Crippen molar-refractivity contribution in [1.82, 2.24) is 0 Å². The molecular weight excluding hydrogens is 480 g/mol. The highest BCUT2D eigenvalue weighted by Gasteiger charge is 2.17. The van der Waals surface area contributed by atoms with Crippen LogP contribution in [0.2, 0.25) is 0 Å². The normalized spacial score (nSPS) is 12.7. The molecule has 38 heavy (non-hydrogen) atoms. The van der Waals surface area contributed by atoms with Gasteiger partial charge in [-0.25, -0.2) is 9.59 Å². The summed E-state index contributed by atoms with van der Waals surface area (Å²) >= 11 is 0. The van der Waals surface area contributed by atoms with Crippen LogP contribution in [0, 0.1) is 0 Å². The number of carbonyl (C=O) groups is 2. The number of rotatable bonds is 24. The monoisotopic (exact) mass is 534 g/mol. The Morgan fingerprint density at radius 1 is 0.553 bits per heavy atom. The van der Waals surface area contributed by atoms with Gasteiger partial charge in [-0.2, -0.15) is 0 Å². The van der Waals surface area contributed by atoms with Crippen molar-refractivity contribution in [2.45, 2.75) is 128 Å². The van der Waals surface area contributed by atoms with Gasteiger partial charge in [0, 0.05) is 0 Å². The fraction of sp³-hybridized carbons (Fsp3) is 0.733. The number of hydrogen-bond acceptors (Lipinski definition) is 8. The predicted molar refractivity (Wildman–Crippen MR) is 154 cm³/mol. The molecule has 0 heterocycles. The molecule has 218 valence electrons. The van der Waals surface area contributed by atoms with E-state index < -0.39 is 24.4 Å². The summed E-state index contributed by atoms with van der Waals surface area (Å²) in [6.45, 7) is 1.55. The lowest BCUT2D eigenvalue weighted by atomic mass is 10.1. The van der Waals surface area contributed by atoms with Crippen LogP contribution in [-0.4, -0.2) is 37.5 Å². The van der Waals surface area contributed by atoms with Gasteiger partial charge in [-0.15, -0.1) is 0 Å². The molecule has 1 aromatic rings. The summed E-state index contributed by atoms with van der Waals surface area (Å²) in [7, 11) is 0. The van der Waals surface area contributed by atoms with Gasteiger partial charge in [0.25, 0.3) is 0 Å². The van der Waals surface area contributed by atoms with E-state index in [4.69, 9.17) is 32.4 Å². The minimum absolute atomic E-state index is 0.271. The van der Waals surface area contributed by atoms with Gasteiger partial charge in [-0.1, -0.05) is 83.1 Å². The molecule has 0 aliphatic heterocycles. The van der Waals surface area contributed by atoms with Gasteiger partial charge in [-0.05, 0) is 69.8 Å². The van der Waals surface area contributed by atoms with Crippen LogP contribution < -0.4 is 22.9 Å². The third-order valence-electron chi connectivity index (χ3n) is 6.74. The standard InChI is InChI=1S/C30H54N4O4/c31-22-15-11-7-3-1-5-9-13-20-27(33)37-29(35)25-18-17-19-26(24-25)30(36)38-28(34)21-14-10-6-2-4-8-12-16-23-32/h17-19,24,27-28H,1-16,20-23,31-34H2. The van der Waals surface area contributed by atoms with Crippen molar-refractivity contribution in [2.24, 2.45) is 22.9 Å². The Morgan fingerprint density at radius 3 is 1.21 bits per heavy atom. The predicted octanol–water partition coefficient (Wildman–Crippen LogP) is 5.51. The Labute approximate surface area is 230 Å². The number of ether oxygens (including phenoxy) is 2. The van der Waals surface area contributed by atoms with Crippen molar-refractivity contribution in [1.29, 1.82) is 0 Å². The summed E-state index contributed by atoms with van der Waals surface area (Å²) in [5, 5.41) is 0. The van der Waals surface area contributed by atoms with Crippen molar-refractivity contribution >= 4 is 11.9 Å². The van der Waals surface area contributed by atoms with Crippen molar-refractivity contribution in [3.05, 3.63) is 35.4 Å². The third-order valence-corrected chi connectivity index (χ3v) is 6.74. The van der Waals surface area contributed by atoms with E-state index in [1.165, 1.54) is 57.4 Å². The zero-order chi connectivity index (χ0) is 27.8. The topological polar surface area (TPSA) is 157 Å². The van der Waals surface area contributed by atoms with E-state index in [1.807, 2.05) is 0 Å². The molecule has 0 spiro atoms. The van der Waals surface area contributed by atoms with Gasteiger partial charge >= 0.3 is 11.9 Å². The molecule has 0 bridgehead atoms. The first-order valence-electron chi connectivity index (χ1n) is 14.9. The molecule has 0 radical (unpaired) electrons. The maximum Gasteiger partial charge on any atom is 0.339 e. The highest BCUT2D eigenvalue weighted by atomic mass is 16.6. The summed E-state index contributed by atoms with van der Waals surface area (Å²) in [6.07, 6.45) is 18.2. The average Bonchev–Trinajstić information content (AvgIpc) is 2.91. The molecule has 0 aliphatic carbocycles. The van der Waals surface area contributed by atoms with Crippen LogP contribution in [0.15, 0.2) is 24.3 Å². The second-order valence-electron chi connectivity index (χ2n) is 10.3. The summed E-state index contributed by atoms with van der Waals surface area (Å²) in [5.74, 6) is -1.08. The van der Waals surface area contributed by atoms with Crippen molar-refractivity contribution in [2.75, 3.05) is 13.1 Å². The van der Waals surface area contributed by atoms with E-state index in [-0.39, 0.29) is 11.1 Å². The van der Waals surface area contributed by atoms with Crippen molar-refractivity contribution in [3.8, 4) is 0 Å². The van der Waals surface area contributed by atoms with Gasteiger partial charge in [0.05, 0.1) is 11.1 Å². The molecule has 8 nitrogen and oxygen atoms in total. The summed E-state index contributed by atoms with van der Waals surface area (Å²) in [5.41, 5.74) is 23.6. The quantitative estimate of drug-likeness (QED) is 0.0768. The Kier molecular flexibility index (Phi) is 20.5. The lowest BCUT2D eigenvalue weighted by molar-refractivity contribution is 0.0291. The van der Waals surface area contributed by atoms with E-state index >= 15 is 0 Å². The number of esters is 2. The molecule has 0 fully saturated rings. The zero-order valence-corrected chi connectivity index (χ0v) is 23.5. The van der Waals surface area contributed by atoms with E-state index in [9.17, 15) is 9.59 Å². The zero-order valence-electron chi connectivity index (χ0n) is 23.5. The summed E-state index contributed by atoms with van der Waals surface area (Å²) in [6, 6.07) is 6.31. The average molecular weight is 535 g/mol. The van der Waals surface area contributed by atoms with Crippen LogP contribution >= 0.6 is 0 Å². The minimum Gasteiger partial charge on any atom is -0.443 e. The molecule has 0 saturated heterocycles.